The van der Waals surface area contributed by atoms with Crippen molar-refractivity contribution in [1.29, 1.82) is 0 Å². The third-order valence-corrected chi connectivity index (χ3v) is 8.08. The quantitative estimate of drug-likeness (QED) is 0.738. The summed E-state index contributed by atoms with van der Waals surface area (Å²) in [5, 5.41) is 4.09. The van der Waals surface area contributed by atoms with Gasteiger partial charge in [0, 0.05) is 36.9 Å². The van der Waals surface area contributed by atoms with E-state index in [4.69, 9.17) is 5.73 Å². The van der Waals surface area contributed by atoms with Crippen LogP contribution in [0.1, 0.15) is 56.6 Å². The summed E-state index contributed by atoms with van der Waals surface area (Å²) in [4.78, 5) is 22.0. The van der Waals surface area contributed by atoms with Crippen LogP contribution in [0.4, 0.5) is 11.6 Å². The van der Waals surface area contributed by atoms with Gasteiger partial charge in [0.05, 0.1) is 17.3 Å². The third kappa shape index (κ3) is 3.78. The molecule has 2 heterocycles. The number of rotatable bonds is 5. The second-order valence-electron chi connectivity index (χ2n) is 8.66. The fourth-order valence-corrected chi connectivity index (χ4v) is 5.18. The van der Waals surface area contributed by atoms with Crippen molar-refractivity contribution >= 4 is 32.7 Å². The van der Waals surface area contributed by atoms with Gasteiger partial charge in [-0.3, -0.25) is 9.36 Å². The number of pyridine rings is 1. The Hall–Kier alpha value is -2.20. The first kappa shape index (κ1) is 21.0. The van der Waals surface area contributed by atoms with E-state index in [0.29, 0.717) is 28.2 Å². The topological polar surface area (TPSA) is 123 Å². The summed E-state index contributed by atoms with van der Waals surface area (Å²) in [6.45, 7) is 1.75. The van der Waals surface area contributed by atoms with E-state index in [9.17, 15) is 13.2 Å². The highest BCUT2D eigenvalue weighted by molar-refractivity contribution is 7.88. The number of fused-ring (bicyclic) bond motifs is 1. The van der Waals surface area contributed by atoms with Crippen LogP contribution in [-0.2, 0) is 10.0 Å². The maximum Gasteiger partial charge on any atom is 0.257 e. The highest BCUT2D eigenvalue weighted by Crippen LogP contribution is 2.34. The van der Waals surface area contributed by atoms with Gasteiger partial charge in [-0.15, -0.1) is 0 Å². The molecule has 2 aromatic rings. The minimum atomic E-state index is -3.18. The summed E-state index contributed by atoms with van der Waals surface area (Å²) >= 11 is 0. The zero-order valence-electron chi connectivity index (χ0n) is 17.8. The van der Waals surface area contributed by atoms with Crippen molar-refractivity contribution in [3.8, 4) is 0 Å². The molecule has 0 aromatic carbocycles. The van der Waals surface area contributed by atoms with Crippen LogP contribution >= 0.6 is 0 Å². The number of nitrogens with zero attached hydrogens (tertiary/aromatic N) is 4. The Morgan fingerprint density at radius 3 is 2.43 bits per heavy atom. The van der Waals surface area contributed by atoms with E-state index < -0.39 is 10.0 Å². The number of nitrogen functional groups attached to an aromatic ring is 1. The standard InChI is InChI=1S/C20H30N6O3S/c1-12-17(21)16-11-22-20(24-18(16)26(19(12)27)15-5-4-6-15)23-13-7-9-14(10-8-13)25(2)30(3,28)29/h11,13-15H,4-10,21H2,1-3H3,(H,22,23,24). The molecular formula is C20H30N6O3S. The normalized spacial score (nSPS) is 22.9. The monoisotopic (exact) mass is 434 g/mol. The molecule has 2 saturated carbocycles. The number of aromatic nitrogens is 3. The van der Waals surface area contributed by atoms with Gasteiger partial charge in [-0.05, 0) is 51.9 Å². The van der Waals surface area contributed by atoms with E-state index in [2.05, 4.69) is 15.3 Å². The lowest BCUT2D eigenvalue weighted by Crippen LogP contribution is -2.41. The van der Waals surface area contributed by atoms with E-state index >= 15 is 0 Å². The smallest absolute Gasteiger partial charge is 0.257 e. The molecule has 0 radical (unpaired) electrons. The van der Waals surface area contributed by atoms with E-state index in [-0.39, 0.29) is 23.7 Å². The first-order valence-electron chi connectivity index (χ1n) is 10.5. The van der Waals surface area contributed by atoms with Crippen molar-refractivity contribution in [2.45, 2.75) is 70.0 Å². The predicted octanol–water partition coefficient (Wildman–Crippen LogP) is 2.02. The van der Waals surface area contributed by atoms with Crippen LogP contribution < -0.4 is 16.6 Å². The van der Waals surface area contributed by atoms with Gasteiger partial charge >= 0.3 is 0 Å². The van der Waals surface area contributed by atoms with E-state index in [1.165, 1.54) is 10.6 Å². The van der Waals surface area contributed by atoms with Crippen LogP contribution in [0.15, 0.2) is 11.0 Å². The number of hydrogen-bond donors (Lipinski definition) is 2. The maximum atomic E-state index is 12.9. The second kappa shape index (κ2) is 7.81. The van der Waals surface area contributed by atoms with Crippen LogP contribution in [0.3, 0.4) is 0 Å². The van der Waals surface area contributed by atoms with Gasteiger partial charge in [0.2, 0.25) is 16.0 Å². The van der Waals surface area contributed by atoms with Gasteiger partial charge in [-0.1, -0.05) is 0 Å². The molecule has 4 rings (SSSR count). The molecule has 164 valence electrons. The van der Waals surface area contributed by atoms with Crippen molar-refractivity contribution in [1.82, 2.24) is 18.8 Å². The van der Waals surface area contributed by atoms with Crippen LogP contribution in [-0.4, -0.2) is 52.6 Å². The lowest BCUT2D eigenvalue weighted by atomic mass is 9.91. The fraction of sp³-hybridized carbons (Fsp3) is 0.650. The Morgan fingerprint density at radius 1 is 1.20 bits per heavy atom. The van der Waals surface area contributed by atoms with Gasteiger partial charge in [0.1, 0.15) is 0 Å². The van der Waals surface area contributed by atoms with Gasteiger partial charge < -0.3 is 11.1 Å². The molecule has 2 aliphatic rings. The molecule has 0 spiro atoms. The Morgan fingerprint density at radius 2 is 1.87 bits per heavy atom. The molecule has 0 aliphatic heterocycles. The fourth-order valence-electron chi connectivity index (χ4n) is 4.43. The summed E-state index contributed by atoms with van der Waals surface area (Å²) in [7, 11) is -1.54. The number of nitrogens with two attached hydrogens (primary N) is 1. The summed E-state index contributed by atoms with van der Waals surface area (Å²) in [5.74, 6) is 0.484. The van der Waals surface area contributed by atoms with Crippen molar-refractivity contribution in [2.75, 3.05) is 24.4 Å². The largest absolute Gasteiger partial charge is 0.398 e. The lowest BCUT2D eigenvalue weighted by Gasteiger charge is -2.33. The molecule has 2 fully saturated rings. The minimum Gasteiger partial charge on any atom is -0.398 e. The molecule has 0 amide bonds. The first-order chi connectivity index (χ1) is 14.2. The second-order valence-corrected chi connectivity index (χ2v) is 10.7. The summed E-state index contributed by atoms with van der Waals surface area (Å²) in [6.07, 6.45) is 9.24. The molecular weight excluding hydrogens is 404 g/mol. The number of sulfonamides is 1. The van der Waals surface area contributed by atoms with Crippen molar-refractivity contribution in [3.05, 3.63) is 22.1 Å². The van der Waals surface area contributed by atoms with Gasteiger partial charge in [-0.25, -0.2) is 17.7 Å². The summed E-state index contributed by atoms with van der Waals surface area (Å²) in [6, 6.07) is 0.365. The number of nitrogens with one attached hydrogen (secondary N) is 1. The van der Waals surface area contributed by atoms with Crippen molar-refractivity contribution < 1.29 is 8.42 Å². The van der Waals surface area contributed by atoms with Gasteiger partial charge in [0.15, 0.2) is 5.65 Å². The molecule has 3 N–H and O–H groups in total. The minimum absolute atomic E-state index is 0.0298. The van der Waals surface area contributed by atoms with Crippen molar-refractivity contribution in [3.63, 3.8) is 0 Å². The zero-order valence-corrected chi connectivity index (χ0v) is 18.6. The van der Waals surface area contributed by atoms with Gasteiger partial charge in [0.25, 0.3) is 5.56 Å². The van der Waals surface area contributed by atoms with Crippen LogP contribution in [0.2, 0.25) is 0 Å². The Bertz CT molecular complexity index is 1120. The van der Waals surface area contributed by atoms with Crippen LogP contribution in [0, 0.1) is 6.92 Å². The highest BCUT2D eigenvalue weighted by atomic mass is 32.2. The van der Waals surface area contributed by atoms with Gasteiger partial charge in [-0.2, -0.15) is 4.98 Å². The molecule has 30 heavy (non-hydrogen) atoms. The van der Waals surface area contributed by atoms with E-state index in [1.54, 1.807) is 24.7 Å². The van der Waals surface area contributed by atoms with Crippen LogP contribution in [0.5, 0.6) is 0 Å². The molecule has 0 unspecified atom stereocenters. The molecule has 9 nitrogen and oxygen atoms in total. The summed E-state index contributed by atoms with van der Waals surface area (Å²) in [5.41, 5.74) is 7.71. The molecule has 0 bridgehead atoms. The number of anilines is 2. The SMILES string of the molecule is Cc1c(N)c2cnc(NC3CCC(N(C)S(C)(=O)=O)CC3)nc2n(C2CCC2)c1=O. The number of hydrogen-bond acceptors (Lipinski definition) is 7. The molecule has 0 atom stereocenters. The van der Waals surface area contributed by atoms with Crippen molar-refractivity contribution in [2.24, 2.45) is 0 Å². The van der Waals surface area contributed by atoms with E-state index in [1.807, 2.05) is 0 Å². The highest BCUT2D eigenvalue weighted by Gasteiger charge is 2.29. The average Bonchev–Trinajstić information content (AvgIpc) is 2.67. The maximum absolute atomic E-state index is 12.9. The average molecular weight is 435 g/mol. The van der Waals surface area contributed by atoms with Crippen LogP contribution in [0.25, 0.3) is 11.0 Å². The Kier molecular flexibility index (Phi) is 5.48. The molecule has 10 heteroatoms. The first-order valence-corrected chi connectivity index (χ1v) is 12.4. The predicted molar refractivity (Wildman–Crippen MR) is 118 cm³/mol. The molecule has 2 aliphatic carbocycles. The Balaban J connectivity index is 1.56. The van der Waals surface area contributed by atoms with E-state index in [0.717, 1.165) is 44.9 Å². The molecule has 0 saturated heterocycles. The zero-order chi connectivity index (χ0) is 21.6. The third-order valence-electron chi connectivity index (χ3n) is 6.74. The lowest BCUT2D eigenvalue weighted by molar-refractivity contribution is 0.276. The molecule has 2 aromatic heterocycles. The summed E-state index contributed by atoms with van der Waals surface area (Å²) < 4.78 is 26.8. The Labute approximate surface area is 176 Å².